The van der Waals surface area contributed by atoms with Crippen molar-refractivity contribution in [2.75, 3.05) is 51.6 Å². The Hall–Kier alpha value is -1.43. The van der Waals surface area contributed by atoms with Gasteiger partial charge in [0.05, 0.1) is 0 Å². The molecule has 1 aromatic rings. The Morgan fingerprint density at radius 3 is 2.43 bits per heavy atom. The number of rotatable bonds is 5. The van der Waals surface area contributed by atoms with E-state index in [1.54, 1.807) is 0 Å². The van der Waals surface area contributed by atoms with E-state index in [0.29, 0.717) is 0 Å². The fraction of sp³-hybridized carbons (Fsp3) is 0.696. The molecule has 0 radical (unpaired) electrons. The first-order valence-electron chi connectivity index (χ1n) is 11.2. The van der Waals surface area contributed by atoms with Gasteiger partial charge in [0.2, 0.25) is 5.91 Å². The molecule has 5 heteroatoms. The molecule has 0 unspecified atom stereocenters. The van der Waals surface area contributed by atoms with Gasteiger partial charge in [-0.15, -0.1) is 0 Å². The zero-order chi connectivity index (χ0) is 19.3. The van der Waals surface area contributed by atoms with Crippen LogP contribution in [-0.4, -0.2) is 73.0 Å². The van der Waals surface area contributed by atoms with E-state index < -0.39 is 0 Å². The molecule has 1 N–H and O–H groups in total. The van der Waals surface area contributed by atoms with E-state index in [9.17, 15) is 4.79 Å². The maximum absolute atomic E-state index is 12.8. The topological polar surface area (TPSA) is 38.8 Å². The molecule has 3 aliphatic heterocycles. The van der Waals surface area contributed by atoms with Crippen LogP contribution in [0.1, 0.15) is 44.1 Å². The Balaban J connectivity index is 1.25. The lowest BCUT2D eigenvalue weighted by Gasteiger charge is -2.40. The lowest BCUT2D eigenvalue weighted by molar-refractivity contribution is -0.121. The van der Waals surface area contributed by atoms with E-state index in [-0.39, 0.29) is 11.8 Å². The molecule has 0 aromatic heterocycles. The van der Waals surface area contributed by atoms with Gasteiger partial charge in [-0.2, -0.15) is 0 Å². The first kappa shape index (κ1) is 19.9. The van der Waals surface area contributed by atoms with Crippen LogP contribution in [0.3, 0.4) is 0 Å². The number of piperidine rings is 2. The van der Waals surface area contributed by atoms with Crippen LogP contribution in [0.2, 0.25) is 0 Å². The normalized spacial score (nSPS) is 23.9. The Kier molecular flexibility index (Phi) is 6.65. The van der Waals surface area contributed by atoms with Gasteiger partial charge in [0.15, 0.2) is 0 Å². The highest BCUT2D eigenvalue weighted by molar-refractivity contribution is 5.92. The monoisotopic (exact) mass is 384 g/mol. The summed E-state index contributed by atoms with van der Waals surface area (Å²) in [4.78, 5) is 20.4. The molecule has 0 bridgehead atoms. The first-order chi connectivity index (χ1) is 13.7. The van der Waals surface area contributed by atoms with Crippen LogP contribution in [0.4, 0.5) is 5.69 Å². The number of nitrogens with one attached hydrogen (secondary N) is 1. The van der Waals surface area contributed by atoms with Gasteiger partial charge in [-0.3, -0.25) is 9.69 Å². The van der Waals surface area contributed by atoms with Crippen molar-refractivity contribution in [1.29, 1.82) is 0 Å². The van der Waals surface area contributed by atoms with Gasteiger partial charge >= 0.3 is 0 Å². The largest absolute Gasteiger partial charge is 0.326 e. The highest BCUT2D eigenvalue weighted by atomic mass is 16.1. The number of carbonyl (C=O) groups excluding carboxylic acids is 1. The van der Waals surface area contributed by atoms with Crippen LogP contribution in [0.15, 0.2) is 24.3 Å². The summed E-state index contributed by atoms with van der Waals surface area (Å²) in [6.45, 7) is 7.96. The number of amides is 1. The van der Waals surface area contributed by atoms with Crippen LogP contribution in [0, 0.1) is 5.92 Å². The molecular formula is C23H36N4O. The van der Waals surface area contributed by atoms with Gasteiger partial charge in [0.1, 0.15) is 0 Å². The van der Waals surface area contributed by atoms with Crippen molar-refractivity contribution < 1.29 is 4.79 Å². The highest BCUT2D eigenvalue weighted by Gasteiger charge is 2.30. The second kappa shape index (κ2) is 9.38. The van der Waals surface area contributed by atoms with Crippen LogP contribution < -0.4 is 5.32 Å². The molecule has 1 amide bonds. The van der Waals surface area contributed by atoms with Crippen molar-refractivity contribution in [2.24, 2.45) is 5.92 Å². The van der Waals surface area contributed by atoms with Crippen molar-refractivity contribution in [3.05, 3.63) is 29.8 Å². The number of hydrogen-bond donors (Lipinski definition) is 1. The van der Waals surface area contributed by atoms with Crippen molar-refractivity contribution in [3.63, 3.8) is 0 Å². The zero-order valence-electron chi connectivity index (χ0n) is 17.4. The summed E-state index contributed by atoms with van der Waals surface area (Å²) in [5.41, 5.74) is 2.26. The number of anilines is 1. The Morgan fingerprint density at radius 2 is 1.71 bits per heavy atom. The van der Waals surface area contributed by atoms with Gasteiger partial charge < -0.3 is 15.1 Å². The molecular weight excluding hydrogens is 348 g/mol. The van der Waals surface area contributed by atoms with E-state index in [1.165, 1.54) is 57.4 Å². The fourth-order valence-electron chi connectivity index (χ4n) is 5.08. The van der Waals surface area contributed by atoms with Crippen LogP contribution in [0.5, 0.6) is 0 Å². The highest BCUT2D eigenvalue weighted by Crippen LogP contribution is 2.25. The third kappa shape index (κ3) is 5.13. The Morgan fingerprint density at radius 1 is 1.00 bits per heavy atom. The number of hydrogen-bond acceptors (Lipinski definition) is 4. The minimum atomic E-state index is 0.157. The molecule has 1 aromatic carbocycles. The summed E-state index contributed by atoms with van der Waals surface area (Å²) in [5, 5.41) is 3.19. The average molecular weight is 385 g/mol. The van der Waals surface area contributed by atoms with Gasteiger partial charge in [0, 0.05) is 24.2 Å². The van der Waals surface area contributed by atoms with Gasteiger partial charge in [-0.25, -0.2) is 0 Å². The van der Waals surface area contributed by atoms with E-state index >= 15 is 0 Å². The van der Waals surface area contributed by atoms with Crippen LogP contribution >= 0.6 is 0 Å². The second-order valence-corrected chi connectivity index (χ2v) is 9.02. The SMILES string of the molecule is CN1CCC(N2CCC(C(=O)Nc3cccc(CN4CCCC4)c3)CC2)CC1. The van der Waals surface area contributed by atoms with E-state index in [0.717, 1.165) is 44.2 Å². The van der Waals surface area contributed by atoms with E-state index in [1.807, 2.05) is 6.07 Å². The molecule has 0 saturated carbocycles. The minimum Gasteiger partial charge on any atom is -0.326 e. The summed E-state index contributed by atoms with van der Waals surface area (Å²) < 4.78 is 0. The summed E-state index contributed by atoms with van der Waals surface area (Å²) in [6, 6.07) is 9.16. The lowest BCUT2D eigenvalue weighted by Crippen LogP contribution is -2.48. The smallest absolute Gasteiger partial charge is 0.227 e. The van der Waals surface area contributed by atoms with Gasteiger partial charge in [-0.05, 0) is 103 Å². The van der Waals surface area contributed by atoms with Gasteiger partial charge in [0.25, 0.3) is 0 Å². The standard InChI is InChI=1S/C23H36N4O/c1-25-13-9-22(10-14-25)27-15-7-20(8-16-27)23(28)24-21-6-4-5-19(17-21)18-26-11-2-3-12-26/h4-6,17,20,22H,2-3,7-16,18H2,1H3,(H,24,28). The third-order valence-corrected chi connectivity index (χ3v) is 6.90. The summed E-state index contributed by atoms with van der Waals surface area (Å²) >= 11 is 0. The predicted molar refractivity (Wildman–Crippen MR) is 114 cm³/mol. The number of carbonyl (C=O) groups is 1. The van der Waals surface area contributed by atoms with Gasteiger partial charge in [-0.1, -0.05) is 12.1 Å². The summed E-state index contributed by atoms with van der Waals surface area (Å²) in [5.74, 6) is 0.367. The third-order valence-electron chi connectivity index (χ3n) is 6.90. The molecule has 28 heavy (non-hydrogen) atoms. The molecule has 0 atom stereocenters. The minimum absolute atomic E-state index is 0.157. The van der Waals surface area contributed by atoms with Crippen molar-refractivity contribution in [3.8, 4) is 0 Å². The zero-order valence-corrected chi connectivity index (χ0v) is 17.4. The molecule has 154 valence electrons. The quantitative estimate of drug-likeness (QED) is 0.847. The summed E-state index contributed by atoms with van der Waals surface area (Å²) in [6.07, 6.45) is 7.16. The van der Waals surface area contributed by atoms with Crippen molar-refractivity contribution in [2.45, 2.75) is 51.1 Å². The molecule has 3 aliphatic rings. The maximum Gasteiger partial charge on any atom is 0.227 e. The Bertz CT molecular complexity index is 642. The molecule has 3 heterocycles. The fourth-order valence-corrected chi connectivity index (χ4v) is 5.08. The maximum atomic E-state index is 12.8. The second-order valence-electron chi connectivity index (χ2n) is 9.02. The molecule has 3 fully saturated rings. The van der Waals surface area contributed by atoms with E-state index in [4.69, 9.17) is 0 Å². The number of nitrogens with zero attached hydrogens (tertiary/aromatic N) is 3. The first-order valence-corrected chi connectivity index (χ1v) is 11.2. The molecule has 0 aliphatic carbocycles. The van der Waals surface area contributed by atoms with Crippen molar-refractivity contribution >= 4 is 11.6 Å². The molecule has 0 spiro atoms. The van der Waals surface area contributed by atoms with E-state index in [2.05, 4.69) is 45.3 Å². The number of likely N-dealkylation sites (tertiary alicyclic amines) is 3. The van der Waals surface area contributed by atoms with Crippen LogP contribution in [0.25, 0.3) is 0 Å². The number of benzene rings is 1. The molecule has 3 saturated heterocycles. The Labute approximate surface area is 170 Å². The lowest BCUT2D eigenvalue weighted by atomic mass is 9.92. The van der Waals surface area contributed by atoms with Crippen LogP contribution in [-0.2, 0) is 11.3 Å². The average Bonchev–Trinajstić information content (AvgIpc) is 3.22. The van der Waals surface area contributed by atoms with Crippen molar-refractivity contribution in [1.82, 2.24) is 14.7 Å². The predicted octanol–water partition coefficient (Wildman–Crippen LogP) is 3.03. The molecule has 5 nitrogen and oxygen atoms in total. The summed E-state index contributed by atoms with van der Waals surface area (Å²) in [7, 11) is 2.22. The molecule has 4 rings (SSSR count).